The van der Waals surface area contributed by atoms with Crippen LogP contribution in [0, 0.1) is 5.92 Å². The minimum Gasteiger partial charge on any atom is -0.0651 e. The van der Waals surface area contributed by atoms with Crippen LogP contribution < -0.4 is 0 Å². The number of benzene rings is 2. The van der Waals surface area contributed by atoms with Crippen LogP contribution in [0.5, 0.6) is 0 Å². The number of aryl methyl sites for hydroxylation is 2. The Morgan fingerprint density at radius 3 is 1.72 bits per heavy atom. The third-order valence-corrected chi connectivity index (χ3v) is 6.16. The van der Waals surface area contributed by atoms with Gasteiger partial charge in [0.1, 0.15) is 0 Å². The Hall–Kier alpha value is -1.56. The van der Waals surface area contributed by atoms with Crippen molar-refractivity contribution in [1.29, 1.82) is 0 Å². The smallest absolute Gasteiger partial charge is 0.0203 e. The molecule has 0 saturated heterocycles. The summed E-state index contributed by atoms with van der Waals surface area (Å²) >= 11 is 0. The lowest BCUT2D eigenvalue weighted by Crippen LogP contribution is -2.32. The van der Waals surface area contributed by atoms with Crippen LogP contribution in [-0.4, -0.2) is 0 Å². The maximum atomic E-state index is 2.51. The fourth-order valence-electron chi connectivity index (χ4n) is 4.63. The Bertz CT molecular complexity index is 622. The third-order valence-electron chi connectivity index (χ3n) is 6.16. The zero-order valence-electron chi connectivity index (χ0n) is 16.4. The van der Waals surface area contributed by atoms with Crippen molar-refractivity contribution in [2.75, 3.05) is 0 Å². The molecule has 0 aliphatic heterocycles. The highest BCUT2D eigenvalue weighted by Gasteiger charge is 2.37. The maximum absolute atomic E-state index is 2.51. The molecule has 0 amide bonds. The second-order valence-corrected chi connectivity index (χ2v) is 8.17. The molecule has 0 aromatic heterocycles. The highest BCUT2D eigenvalue weighted by molar-refractivity contribution is 5.43. The van der Waals surface area contributed by atoms with Gasteiger partial charge < -0.3 is 0 Å². The first-order chi connectivity index (χ1) is 12.2. The van der Waals surface area contributed by atoms with Crippen LogP contribution in [0.1, 0.15) is 81.5 Å². The molecule has 0 heterocycles. The summed E-state index contributed by atoms with van der Waals surface area (Å²) < 4.78 is 0. The molecular weight excluding hydrogens is 300 g/mol. The van der Waals surface area contributed by atoms with E-state index in [0.29, 0.717) is 0 Å². The normalized spacial score (nSPS) is 17.6. The Morgan fingerprint density at radius 2 is 1.28 bits per heavy atom. The van der Waals surface area contributed by atoms with Crippen LogP contribution in [0.4, 0.5) is 0 Å². The van der Waals surface area contributed by atoms with Crippen molar-refractivity contribution in [1.82, 2.24) is 0 Å². The van der Waals surface area contributed by atoms with Crippen molar-refractivity contribution in [3.63, 3.8) is 0 Å². The van der Waals surface area contributed by atoms with Gasteiger partial charge in [-0.15, -0.1) is 0 Å². The van der Waals surface area contributed by atoms with Gasteiger partial charge >= 0.3 is 0 Å². The van der Waals surface area contributed by atoms with Gasteiger partial charge in [0.15, 0.2) is 0 Å². The lowest BCUT2D eigenvalue weighted by molar-refractivity contribution is 0.280. The highest BCUT2D eigenvalue weighted by atomic mass is 14.4. The SMILES string of the molecule is CCCc1cccc(C2(c3cccc(CCC)c3)CCC(C)CC2)c1. The number of rotatable bonds is 6. The van der Waals surface area contributed by atoms with Crippen molar-refractivity contribution in [3.8, 4) is 0 Å². The van der Waals surface area contributed by atoms with Gasteiger partial charge in [-0.25, -0.2) is 0 Å². The lowest BCUT2D eigenvalue weighted by atomic mass is 9.63. The Morgan fingerprint density at radius 1 is 0.800 bits per heavy atom. The van der Waals surface area contributed by atoms with Crippen molar-refractivity contribution in [2.45, 2.75) is 77.6 Å². The molecule has 25 heavy (non-hydrogen) atoms. The van der Waals surface area contributed by atoms with E-state index in [-0.39, 0.29) is 5.41 Å². The van der Waals surface area contributed by atoms with Gasteiger partial charge in [-0.2, -0.15) is 0 Å². The number of hydrogen-bond acceptors (Lipinski definition) is 0. The molecule has 134 valence electrons. The minimum absolute atomic E-state index is 0.222. The highest BCUT2D eigenvalue weighted by Crippen LogP contribution is 2.46. The quantitative estimate of drug-likeness (QED) is 0.529. The van der Waals surface area contributed by atoms with E-state index in [1.165, 1.54) is 62.5 Å². The monoisotopic (exact) mass is 334 g/mol. The fraction of sp³-hybridized carbons (Fsp3) is 0.520. The molecule has 0 radical (unpaired) electrons. The van der Waals surface area contributed by atoms with Gasteiger partial charge in [-0.05, 0) is 66.7 Å². The predicted octanol–water partition coefficient (Wildman–Crippen LogP) is 7.09. The van der Waals surface area contributed by atoms with Crippen LogP contribution in [0.15, 0.2) is 48.5 Å². The first-order valence-electron chi connectivity index (χ1n) is 10.4. The molecule has 0 spiro atoms. The van der Waals surface area contributed by atoms with Crippen molar-refractivity contribution >= 4 is 0 Å². The first kappa shape index (κ1) is 18.2. The summed E-state index contributed by atoms with van der Waals surface area (Å²) in [5.41, 5.74) is 6.34. The van der Waals surface area contributed by atoms with Gasteiger partial charge in [0.25, 0.3) is 0 Å². The summed E-state index contributed by atoms with van der Waals surface area (Å²) in [5.74, 6) is 0.866. The predicted molar refractivity (Wildman–Crippen MR) is 109 cm³/mol. The van der Waals surface area contributed by atoms with Crippen LogP contribution >= 0.6 is 0 Å². The molecule has 3 rings (SSSR count). The van der Waals surface area contributed by atoms with E-state index in [1.54, 1.807) is 11.1 Å². The molecule has 2 aromatic carbocycles. The summed E-state index contributed by atoms with van der Waals surface area (Å²) in [4.78, 5) is 0. The first-order valence-corrected chi connectivity index (χ1v) is 10.4. The van der Waals surface area contributed by atoms with Gasteiger partial charge in [-0.1, -0.05) is 82.1 Å². The van der Waals surface area contributed by atoms with E-state index in [9.17, 15) is 0 Å². The van der Waals surface area contributed by atoms with Crippen LogP contribution in [0.2, 0.25) is 0 Å². The fourth-order valence-corrected chi connectivity index (χ4v) is 4.63. The van der Waals surface area contributed by atoms with Gasteiger partial charge in [-0.3, -0.25) is 0 Å². The minimum atomic E-state index is 0.222. The Kier molecular flexibility index (Phi) is 5.99. The average Bonchev–Trinajstić information content (AvgIpc) is 2.64. The second kappa shape index (κ2) is 8.21. The summed E-state index contributed by atoms with van der Waals surface area (Å²) in [6.45, 7) is 6.98. The Balaban J connectivity index is 2.05. The van der Waals surface area contributed by atoms with Gasteiger partial charge in [0, 0.05) is 5.41 Å². The molecule has 0 N–H and O–H groups in total. The van der Waals surface area contributed by atoms with Crippen LogP contribution in [0.25, 0.3) is 0 Å². The van der Waals surface area contributed by atoms with Crippen LogP contribution in [0.3, 0.4) is 0 Å². The van der Waals surface area contributed by atoms with E-state index in [4.69, 9.17) is 0 Å². The van der Waals surface area contributed by atoms with Crippen molar-refractivity contribution < 1.29 is 0 Å². The topological polar surface area (TPSA) is 0 Å². The summed E-state index contributed by atoms with van der Waals surface area (Å²) in [5, 5.41) is 0. The van der Waals surface area contributed by atoms with Gasteiger partial charge in [0.2, 0.25) is 0 Å². The molecule has 1 aliphatic rings. The lowest BCUT2D eigenvalue weighted by Gasteiger charge is -2.41. The zero-order valence-corrected chi connectivity index (χ0v) is 16.4. The molecule has 0 heteroatoms. The molecule has 1 saturated carbocycles. The maximum Gasteiger partial charge on any atom is 0.0203 e. The summed E-state index contributed by atoms with van der Waals surface area (Å²) in [6, 6.07) is 19.0. The van der Waals surface area contributed by atoms with Crippen LogP contribution in [-0.2, 0) is 18.3 Å². The van der Waals surface area contributed by atoms with E-state index < -0.39 is 0 Å². The van der Waals surface area contributed by atoms with E-state index >= 15 is 0 Å². The molecule has 1 aliphatic carbocycles. The summed E-state index contributed by atoms with van der Waals surface area (Å²) in [6.07, 6.45) is 10.1. The molecule has 0 bridgehead atoms. The average molecular weight is 335 g/mol. The second-order valence-electron chi connectivity index (χ2n) is 8.17. The van der Waals surface area contributed by atoms with E-state index in [0.717, 1.165) is 5.92 Å². The zero-order chi connectivity index (χ0) is 17.7. The molecule has 0 unspecified atom stereocenters. The standard InChI is InChI=1S/C25H34/c1-4-8-21-10-6-12-23(18-21)25(16-14-20(3)15-17-25)24-13-7-11-22(19-24)9-5-2/h6-7,10-13,18-20H,4-5,8-9,14-17H2,1-3H3. The third kappa shape index (κ3) is 4.00. The van der Waals surface area contributed by atoms with Gasteiger partial charge in [0.05, 0.1) is 0 Å². The Labute approximate surface area is 154 Å². The van der Waals surface area contributed by atoms with Crippen molar-refractivity contribution in [2.24, 2.45) is 5.92 Å². The molecule has 2 aromatic rings. The molecular formula is C25H34. The largest absolute Gasteiger partial charge is 0.0651 e. The van der Waals surface area contributed by atoms with Crippen molar-refractivity contribution in [3.05, 3.63) is 70.8 Å². The van der Waals surface area contributed by atoms with E-state index in [1.807, 2.05) is 0 Å². The van der Waals surface area contributed by atoms with E-state index in [2.05, 4.69) is 69.3 Å². The summed E-state index contributed by atoms with van der Waals surface area (Å²) in [7, 11) is 0. The molecule has 0 atom stereocenters. The number of hydrogen-bond donors (Lipinski definition) is 0. The molecule has 1 fully saturated rings. The molecule has 0 nitrogen and oxygen atoms in total.